The molecule has 0 saturated heterocycles. The quantitative estimate of drug-likeness (QED) is 0.652. The first-order valence-corrected chi connectivity index (χ1v) is 8.66. The molecule has 0 saturated carbocycles. The maximum Gasteiger partial charge on any atom is 0.354 e. The van der Waals surface area contributed by atoms with Crippen molar-refractivity contribution < 1.29 is 14.7 Å². The highest BCUT2D eigenvalue weighted by Crippen LogP contribution is 2.23. The molecule has 0 aliphatic rings. The predicted octanol–water partition coefficient (Wildman–Crippen LogP) is 3.33. The van der Waals surface area contributed by atoms with Gasteiger partial charge in [0.1, 0.15) is 11.7 Å². The molecule has 3 rings (SSSR count). The van der Waals surface area contributed by atoms with Gasteiger partial charge in [-0.05, 0) is 30.7 Å². The van der Waals surface area contributed by atoms with E-state index in [1.54, 1.807) is 36.0 Å². The fourth-order valence-electron chi connectivity index (χ4n) is 2.48. The fourth-order valence-corrected chi connectivity index (χ4v) is 2.80. The number of carbonyl (C=O) groups is 2. The van der Waals surface area contributed by atoms with Crippen LogP contribution in [0.25, 0.3) is 0 Å². The summed E-state index contributed by atoms with van der Waals surface area (Å²) >= 11 is 11.9. The van der Waals surface area contributed by atoms with Gasteiger partial charge in [0.25, 0.3) is 0 Å². The Hall–Kier alpha value is -2.84. The Labute approximate surface area is 164 Å². The van der Waals surface area contributed by atoms with Crippen molar-refractivity contribution in [3.8, 4) is 0 Å². The van der Waals surface area contributed by atoms with Gasteiger partial charge in [-0.2, -0.15) is 10.2 Å². The monoisotopic (exact) mass is 407 g/mol. The van der Waals surface area contributed by atoms with Crippen LogP contribution in [0.4, 0.5) is 5.82 Å². The van der Waals surface area contributed by atoms with Crippen LogP contribution in [0.3, 0.4) is 0 Å². The smallest absolute Gasteiger partial charge is 0.354 e. The molecule has 8 nitrogen and oxygen atoms in total. The van der Waals surface area contributed by atoms with Gasteiger partial charge >= 0.3 is 5.97 Å². The summed E-state index contributed by atoms with van der Waals surface area (Å²) < 4.78 is 2.78. The number of aromatic carboxylic acids is 1. The van der Waals surface area contributed by atoms with Crippen molar-refractivity contribution in [3.63, 3.8) is 0 Å². The summed E-state index contributed by atoms with van der Waals surface area (Å²) in [4.78, 5) is 23.6. The molecule has 1 aromatic carbocycles. The molecule has 0 aliphatic heterocycles. The summed E-state index contributed by atoms with van der Waals surface area (Å²) in [5, 5.41) is 20.9. The molecule has 0 spiro atoms. The third-order valence-corrected chi connectivity index (χ3v) is 4.60. The van der Waals surface area contributed by atoms with Gasteiger partial charge in [-0.1, -0.05) is 29.3 Å². The number of carbonyl (C=O) groups excluding carboxylic acids is 1. The molecule has 3 aromatic rings. The minimum Gasteiger partial charge on any atom is -0.477 e. The van der Waals surface area contributed by atoms with Crippen LogP contribution in [0.15, 0.2) is 42.7 Å². The van der Waals surface area contributed by atoms with Crippen molar-refractivity contribution in [1.29, 1.82) is 0 Å². The summed E-state index contributed by atoms with van der Waals surface area (Å²) in [7, 11) is 0. The summed E-state index contributed by atoms with van der Waals surface area (Å²) in [5.41, 5.74) is 0.837. The summed E-state index contributed by atoms with van der Waals surface area (Å²) in [5.74, 6) is -1.24. The first-order chi connectivity index (χ1) is 12.8. The predicted molar refractivity (Wildman–Crippen MR) is 100 cm³/mol. The second-order valence-electron chi connectivity index (χ2n) is 5.78. The highest BCUT2D eigenvalue weighted by atomic mass is 35.5. The number of amides is 1. The Morgan fingerprint density at radius 1 is 1.22 bits per heavy atom. The van der Waals surface area contributed by atoms with E-state index in [9.17, 15) is 9.59 Å². The maximum atomic E-state index is 12.4. The van der Waals surface area contributed by atoms with Crippen LogP contribution in [-0.4, -0.2) is 36.5 Å². The molecule has 2 heterocycles. The Morgan fingerprint density at radius 3 is 2.70 bits per heavy atom. The Morgan fingerprint density at radius 2 is 2.00 bits per heavy atom. The number of halogens is 2. The summed E-state index contributed by atoms with van der Waals surface area (Å²) in [6, 6.07) is 7.45. The van der Waals surface area contributed by atoms with Crippen LogP contribution in [0.1, 0.15) is 29.0 Å². The molecule has 2 N–H and O–H groups in total. The van der Waals surface area contributed by atoms with Crippen LogP contribution >= 0.6 is 23.2 Å². The molecule has 0 aliphatic carbocycles. The number of hydrogen-bond donors (Lipinski definition) is 2. The van der Waals surface area contributed by atoms with Gasteiger partial charge in [-0.25, -0.2) is 9.48 Å². The lowest BCUT2D eigenvalue weighted by Gasteiger charge is -2.13. The van der Waals surface area contributed by atoms with E-state index >= 15 is 0 Å². The van der Waals surface area contributed by atoms with Crippen LogP contribution in [0.2, 0.25) is 10.0 Å². The number of carboxylic acids is 1. The van der Waals surface area contributed by atoms with Crippen LogP contribution in [-0.2, 0) is 11.3 Å². The van der Waals surface area contributed by atoms with Gasteiger partial charge in [-0.15, -0.1) is 0 Å². The second kappa shape index (κ2) is 7.81. The number of aromatic nitrogens is 4. The number of hydrogen-bond acceptors (Lipinski definition) is 4. The number of benzene rings is 1. The molecule has 27 heavy (non-hydrogen) atoms. The van der Waals surface area contributed by atoms with E-state index in [0.717, 1.165) is 10.2 Å². The molecule has 0 radical (unpaired) electrons. The molecule has 140 valence electrons. The van der Waals surface area contributed by atoms with Crippen molar-refractivity contribution in [2.45, 2.75) is 19.5 Å². The lowest BCUT2D eigenvalue weighted by molar-refractivity contribution is -0.119. The van der Waals surface area contributed by atoms with Crippen LogP contribution < -0.4 is 5.32 Å². The highest BCUT2D eigenvalue weighted by Gasteiger charge is 2.22. The van der Waals surface area contributed by atoms with Gasteiger partial charge in [0.2, 0.25) is 5.91 Å². The van der Waals surface area contributed by atoms with Gasteiger partial charge < -0.3 is 10.4 Å². The van der Waals surface area contributed by atoms with E-state index in [0.29, 0.717) is 22.4 Å². The third kappa shape index (κ3) is 4.29. The largest absolute Gasteiger partial charge is 0.477 e. The minimum absolute atomic E-state index is 0.0669. The third-order valence-electron chi connectivity index (χ3n) is 3.86. The van der Waals surface area contributed by atoms with Crippen molar-refractivity contribution in [2.75, 3.05) is 5.32 Å². The zero-order valence-electron chi connectivity index (χ0n) is 14.1. The molecular weight excluding hydrogens is 393 g/mol. The van der Waals surface area contributed by atoms with E-state index in [1.807, 2.05) is 6.07 Å². The topological polar surface area (TPSA) is 102 Å². The molecule has 10 heteroatoms. The average molecular weight is 408 g/mol. The molecule has 1 atom stereocenters. The van der Waals surface area contributed by atoms with Crippen molar-refractivity contribution in [3.05, 3.63) is 64.0 Å². The van der Waals surface area contributed by atoms with Crippen LogP contribution in [0.5, 0.6) is 0 Å². The number of anilines is 1. The zero-order chi connectivity index (χ0) is 19.6. The van der Waals surface area contributed by atoms with Crippen molar-refractivity contribution in [1.82, 2.24) is 19.6 Å². The van der Waals surface area contributed by atoms with E-state index in [2.05, 4.69) is 15.5 Å². The lowest BCUT2D eigenvalue weighted by Crippen LogP contribution is -2.27. The van der Waals surface area contributed by atoms with Gasteiger partial charge in [0.05, 0.1) is 16.6 Å². The minimum atomic E-state index is -1.15. The first kappa shape index (κ1) is 18.9. The average Bonchev–Trinajstić information content (AvgIpc) is 3.27. The molecule has 0 fully saturated rings. The van der Waals surface area contributed by atoms with Crippen molar-refractivity contribution >= 4 is 40.9 Å². The van der Waals surface area contributed by atoms with Crippen molar-refractivity contribution in [2.24, 2.45) is 0 Å². The molecule has 2 aromatic heterocycles. The van der Waals surface area contributed by atoms with E-state index in [-0.39, 0.29) is 5.69 Å². The molecular formula is C17H15Cl2N5O3. The summed E-state index contributed by atoms with van der Waals surface area (Å²) in [6.45, 7) is 2.01. The zero-order valence-corrected chi connectivity index (χ0v) is 15.6. The Bertz CT molecular complexity index is 998. The van der Waals surface area contributed by atoms with Gasteiger partial charge in [-0.3, -0.25) is 9.48 Å². The lowest BCUT2D eigenvalue weighted by atomic mass is 10.2. The standard InChI is InChI=1S/C17H15Cl2N5O3/c1-10(24-14(17(26)27)4-6-20-24)16(25)21-15-5-7-23(22-15)9-11-2-3-12(18)13(19)8-11/h2-8,10H,9H2,1H3,(H,26,27)(H,21,22,25). The van der Waals surface area contributed by atoms with Gasteiger partial charge in [0, 0.05) is 18.5 Å². The fraction of sp³-hybridized carbons (Fsp3) is 0.176. The highest BCUT2D eigenvalue weighted by molar-refractivity contribution is 6.42. The van der Waals surface area contributed by atoms with Gasteiger partial charge in [0.15, 0.2) is 5.82 Å². The maximum absolute atomic E-state index is 12.4. The molecule has 0 bridgehead atoms. The summed E-state index contributed by atoms with van der Waals surface area (Å²) in [6.07, 6.45) is 3.04. The van der Waals surface area contributed by atoms with E-state index in [4.69, 9.17) is 28.3 Å². The first-order valence-electron chi connectivity index (χ1n) is 7.90. The Kier molecular flexibility index (Phi) is 5.48. The molecule has 1 amide bonds. The molecule has 1 unspecified atom stereocenters. The normalized spacial score (nSPS) is 12.0. The van der Waals surface area contributed by atoms with E-state index < -0.39 is 17.9 Å². The number of carboxylic acid groups (broad SMARTS) is 1. The van der Waals surface area contributed by atoms with E-state index in [1.165, 1.54) is 12.3 Å². The number of nitrogens with one attached hydrogen (secondary N) is 1. The second-order valence-corrected chi connectivity index (χ2v) is 6.59. The number of rotatable bonds is 6. The Balaban J connectivity index is 1.67. The SMILES string of the molecule is CC(C(=O)Nc1ccn(Cc2ccc(Cl)c(Cl)c2)n1)n1nccc1C(=O)O. The number of nitrogens with zero attached hydrogens (tertiary/aromatic N) is 4. The van der Waals surface area contributed by atoms with Crippen LogP contribution in [0, 0.1) is 0 Å².